The molecule has 0 aromatic heterocycles. The van der Waals surface area contributed by atoms with Gasteiger partial charge in [0.2, 0.25) is 5.91 Å². The van der Waals surface area contributed by atoms with Crippen molar-refractivity contribution in [2.45, 2.75) is 25.3 Å². The summed E-state index contributed by atoms with van der Waals surface area (Å²) < 4.78 is 12.7. The van der Waals surface area contributed by atoms with Crippen molar-refractivity contribution in [2.75, 3.05) is 13.1 Å². The number of benzene rings is 1. The molecule has 0 saturated carbocycles. The summed E-state index contributed by atoms with van der Waals surface area (Å²) in [4.78, 5) is 11.8. The summed E-state index contributed by atoms with van der Waals surface area (Å²) in [6, 6.07) is 6.22. The Balaban J connectivity index is 1.80. The first-order valence-electron chi connectivity index (χ1n) is 6.17. The zero-order chi connectivity index (χ0) is 13.0. The van der Waals surface area contributed by atoms with Gasteiger partial charge in [0, 0.05) is 19.1 Å². The highest BCUT2D eigenvalue weighted by Crippen LogP contribution is 2.08. The predicted octanol–water partition coefficient (Wildman–Crippen LogP) is 0.823. The van der Waals surface area contributed by atoms with E-state index in [0.717, 1.165) is 31.5 Å². The number of halogens is 1. The normalized spacial score (nSPS) is 17.7. The molecule has 2 rings (SSSR count). The van der Waals surface area contributed by atoms with Gasteiger partial charge in [-0.25, -0.2) is 9.40 Å². The van der Waals surface area contributed by atoms with Gasteiger partial charge in [0.15, 0.2) is 0 Å². The second-order valence-electron chi connectivity index (χ2n) is 4.68. The van der Waals surface area contributed by atoms with Gasteiger partial charge in [-0.3, -0.25) is 10.6 Å². The molecule has 1 aromatic carbocycles. The molecule has 98 valence electrons. The van der Waals surface area contributed by atoms with Gasteiger partial charge in [-0.2, -0.15) is 0 Å². The van der Waals surface area contributed by atoms with E-state index in [2.05, 4.69) is 5.32 Å². The van der Waals surface area contributed by atoms with Crippen molar-refractivity contribution in [3.63, 3.8) is 0 Å². The van der Waals surface area contributed by atoms with E-state index in [-0.39, 0.29) is 17.8 Å². The van der Waals surface area contributed by atoms with Crippen LogP contribution >= 0.6 is 0 Å². The van der Waals surface area contributed by atoms with E-state index < -0.39 is 0 Å². The molecule has 4 nitrogen and oxygen atoms in total. The van der Waals surface area contributed by atoms with Gasteiger partial charge in [-0.05, 0) is 30.5 Å². The van der Waals surface area contributed by atoms with E-state index >= 15 is 0 Å². The van der Waals surface area contributed by atoms with Crippen LogP contribution in [-0.4, -0.2) is 30.0 Å². The fraction of sp³-hybridized carbons (Fsp3) is 0.462. The Morgan fingerprint density at radius 3 is 2.56 bits per heavy atom. The van der Waals surface area contributed by atoms with Crippen LogP contribution in [0.2, 0.25) is 0 Å². The smallest absolute Gasteiger partial charge is 0.224 e. The van der Waals surface area contributed by atoms with E-state index in [0.29, 0.717) is 6.42 Å². The molecule has 0 spiro atoms. The third-order valence-electron chi connectivity index (χ3n) is 3.17. The molecule has 0 unspecified atom stereocenters. The van der Waals surface area contributed by atoms with Crippen LogP contribution in [0.5, 0.6) is 0 Å². The highest BCUT2D eigenvalue weighted by atomic mass is 19.1. The number of carbonyl (C=O) groups is 1. The fourth-order valence-corrected chi connectivity index (χ4v) is 2.11. The zero-order valence-electron chi connectivity index (χ0n) is 10.2. The summed E-state index contributed by atoms with van der Waals surface area (Å²) in [7, 11) is 0. The first-order chi connectivity index (χ1) is 8.63. The van der Waals surface area contributed by atoms with Gasteiger partial charge in [-0.15, -0.1) is 0 Å². The second-order valence-corrected chi connectivity index (χ2v) is 4.68. The Hall–Kier alpha value is -1.46. The molecule has 1 aliphatic rings. The highest BCUT2D eigenvalue weighted by Gasteiger charge is 2.18. The van der Waals surface area contributed by atoms with Crippen LogP contribution in [0.25, 0.3) is 0 Å². The van der Waals surface area contributed by atoms with Crippen molar-refractivity contribution in [1.82, 2.24) is 10.3 Å². The highest BCUT2D eigenvalue weighted by molar-refractivity contribution is 5.78. The maximum atomic E-state index is 12.7. The molecule has 1 aliphatic heterocycles. The molecule has 5 heteroatoms. The largest absolute Gasteiger partial charge is 0.353 e. The van der Waals surface area contributed by atoms with Crippen molar-refractivity contribution >= 4 is 5.91 Å². The number of nitrogens with zero attached hydrogens (tertiary/aromatic N) is 1. The third-order valence-corrected chi connectivity index (χ3v) is 3.17. The number of hydrazine groups is 1. The third kappa shape index (κ3) is 3.78. The fourth-order valence-electron chi connectivity index (χ4n) is 2.11. The maximum absolute atomic E-state index is 12.7. The molecule has 1 heterocycles. The number of rotatable bonds is 3. The van der Waals surface area contributed by atoms with Crippen LogP contribution in [0, 0.1) is 5.82 Å². The van der Waals surface area contributed by atoms with Gasteiger partial charge in [0.05, 0.1) is 6.42 Å². The molecule has 0 aliphatic carbocycles. The molecule has 18 heavy (non-hydrogen) atoms. The minimum Gasteiger partial charge on any atom is -0.353 e. The van der Waals surface area contributed by atoms with Gasteiger partial charge < -0.3 is 5.32 Å². The van der Waals surface area contributed by atoms with E-state index in [9.17, 15) is 9.18 Å². The molecule has 1 fully saturated rings. The average Bonchev–Trinajstić information content (AvgIpc) is 2.35. The summed E-state index contributed by atoms with van der Waals surface area (Å²) >= 11 is 0. The number of hydrogen-bond donors (Lipinski definition) is 2. The van der Waals surface area contributed by atoms with Gasteiger partial charge in [0.1, 0.15) is 5.82 Å². The lowest BCUT2D eigenvalue weighted by atomic mass is 10.1. The van der Waals surface area contributed by atoms with E-state index in [1.165, 1.54) is 12.1 Å². The number of piperidine rings is 1. The molecule has 0 atom stereocenters. The van der Waals surface area contributed by atoms with Crippen LogP contribution in [0.3, 0.4) is 0 Å². The van der Waals surface area contributed by atoms with Gasteiger partial charge in [0.25, 0.3) is 0 Å². The number of nitrogens with two attached hydrogens (primary N) is 1. The van der Waals surface area contributed by atoms with Crippen molar-refractivity contribution in [3.05, 3.63) is 35.6 Å². The molecule has 0 bridgehead atoms. The summed E-state index contributed by atoms with van der Waals surface area (Å²) in [5.41, 5.74) is 0.824. The maximum Gasteiger partial charge on any atom is 0.224 e. The van der Waals surface area contributed by atoms with E-state index in [1.807, 2.05) is 0 Å². The van der Waals surface area contributed by atoms with E-state index in [1.54, 1.807) is 17.1 Å². The van der Waals surface area contributed by atoms with Crippen LogP contribution in [0.1, 0.15) is 18.4 Å². The van der Waals surface area contributed by atoms with Crippen LogP contribution in [0.15, 0.2) is 24.3 Å². The minimum atomic E-state index is -0.283. The molecule has 3 N–H and O–H groups in total. The van der Waals surface area contributed by atoms with Gasteiger partial charge in [-0.1, -0.05) is 12.1 Å². The summed E-state index contributed by atoms with van der Waals surface area (Å²) in [5, 5.41) is 4.75. The summed E-state index contributed by atoms with van der Waals surface area (Å²) in [6.45, 7) is 1.61. The quantitative estimate of drug-likeness (QED) is 0.782. The second kappa shape index (κ2) is 5.93. The van der Waals surface area contributed by atoms with Crippen LogP contribution < -0.4 is 11.2 Å². The lowest BCUT2D eigenvalue weighted by Gasteiger charge is -2.29. The van der Waals surface area contributed by atoms with Crippen LogP contribution in [-0.2, 0) is 11.2 Å². The summed E-state index contributed by atoms with van der Waals surface area (Å²) in [6.07, 6.45) is 2.06. The first-order valence-corrected chi connectivity index (χ1v) is 6.17. The van der Waals surface area contributed by atoms with Crippen molar-refractivity contribution < 1.29 is 9.18 Å². The molecule has 1 aromatic rings. The Labute approximate surface area is 106 Å². The van der Waals surface area contributed by atoms with Crippen molar-refractivity contribution in [1.29, 1.82) is 0 Å². The molecular weight excluding hydrogens is 233 g/mol. The van der Waals surface area contributed by atoms with Crippen LogP contribution in [0.4, 0.5) is 4.39 Å². The number of nitrogens with one attached hydrogen (secondary N) is 1. The SMILES string of the molecule is NN1CCC(NC(=O)Cc2ccc(F)cc2)CC1. The Kier molecular flexibility index (Phi) is 4.28. The lowest BCUT2D eigenvalue weighted by molar-refractivity contribution is -0.121. The topological polar surface area (TPSA) is 58.4 Å². The Morgan fingerprint density at radius 2 is 1.94 bits per heavy atom. The lowest BCUT2D eigenvalue weighted by Crippen LogP contribution is -2.47. The predicted molar refractivity (Wildman–Crippen MR) is 67.0 cm³/mol. The Morgan fingerprint density at radius 1 is 1.33 bits per heavy atom. The molecular formula is C13H18FN3O. The molecule has 0 radical (unpaired) electrons. The van der Waals surface area contributed by atoms with Crippen molar-refractivity contribution in [3.8, 4) is 0 Å². The number of carbonyl (C=O) groups excluding carboxylic acids is 1. The molecule has 1 amide bonds. The average molecular weight is 251 g/mol. The monoisotopic (exact) mass is 251 g/mol. The Bertz CT molecular complexity index is 399. The summed E-state index contributed by atoms with van der Waals surface area (Å²) in [5.74, 6) is 5.35. The number of amides is 1. The van der Waals surface area contributed by atoms with Gasteiger partial charge >= 0.3 is 0 Å². The minimum absolute atomic E-state index is 0.0166. The van der Waals surface area contributed by atoms with E-state index in [4.69, 9.17) is 5.84 Å². The standard InChI is InChI=1S/C13H18FN3O/c14-11-3-1-10(2-4-11)9-13(18)16-12-5-7-17(15)8-6-12/h1-4,12H,5-9,15H2,(H,16,18). The zero-order valence-corrected chi connectivity index (χ0v) is 10.2. The molecule has 1 saturated heterocycles. The van der Waals surface area contributed by atoms with Crippen molar-refractivity contribution in [2.24, 2.45) is 5.84 Å². The first kappa shape index (κ1) is 13.0. The number of hydrogen-bond acceptors (Lipinski definition) is 3.